The lowest BCUT2D eigenvalue weighted by Gasteiger charge is -2.09. The zero-order valence-corrected chi connectivity index (χ0v) is 13.3. The molecule has 1 N–H and O–H groups in total. The highest BCUT2D eigenvalue weighted by Crippen LogP contribution is 2.32. The summed E-state index contributed by atoms with van der Waals surface area (Å²) >= 11 is 18.0. The van der Waals surface area contributed by atoms with Crippen LogP contribution in [0.2, 0.25) is 10.0 Å². The number of aromatic amines is 1. The van der Waals surface area contributed by atoms with Crippen molar-refractivity contribution in [2.45, 2.75) is 13.3 Å². The van der Waals surface area contributed by atoms with Gasteiger partial charge in [0.15, 0.2) is 10.4 Å². The van der Waals surface area contributed by atoms with Crippen LogP contribution in [0, 0.1) is 4.77 Å². The lowest BCUT2D eigenvalue weighted by atomic mass is 10.3. The number of fused-ring (bicyclic) bond motifs is 1. The van der Waals surface area contributed by atoms with Gasteiger partial charge in [0.1, 0.15) is 5.52 Å². The quantitative estimate of drug-likeness (QED) is 0.713. The summed E-state index contributed by atoms with van der Waals surface area (Å²) in [6, 6.07) is 5.39. The highest BCUT2D eigenvalue weighted by atomic mass is 35.5. The molecule has 0 spiro atoms. The van der Waals surface area contributed by atoms with E-state index < -0.39 is 0 Å². The smallest absolute Gasteiger partial charge is 0.184 e. The van der Waals surface area contributed by atoms with Crippen LogP contribution in [0.3, 0.4) is 0 Å². The first-order valence-electron chi connectivity index (χ1n) is 6.15. The molecule has 0 aliphatic carbocycles. The fourth-order valence-corrected chi connectivity index (χ4v) is 3.22. The van der Waals surface area contributed by atoms with Crippen LogP contribution < -0.4 is 0 Å². The summed E-state index contributed by atoms with van der Waals surface area (Å²) < 4.78 is 4.18. The van der Waals surface area contributed by atoms with E-state index in [4.69, 9.17) is 35.4 Å². The maximum absolute atomic E-state index is 6.29. The van der Waals surface area contributed by atoms with E-state index in [9.17, 15) is 0 Å². The fourth-order valence-electron chi connectivity index (χ4n) is 2.37. The van der Waals surface area contributed by atoms with Gasteiger partial charge in [-0.15, -0.1) is 0 Å². The number of rotatable bonds is 2. The van der Waals surface area contributed by atoms with Crippen molar-refractivity contribution in [3.8, 4) is 5.69 Å². The number of nitrogens with zero attached hydrogens (tertiary/aromatic N) is 3. The van der Waals surface area contributed by atoms with Gasteiger partial charge in [-0.25, -0.2) is 4.68 Å². The molecular weight excluding hydrogens is 315 g/mol. The highest BCUT2D eigenvalue weighted by molar-refractivity contribution is 7.71. The summed E-state index contributed by atoms with van der Waals surface area (Å²) in [5.41, 5.74) is 3.44. The third-order valence-electron chi connectivity index (χ3n) is 3.23. The third-order valence-corrected chi connectivity index (χ3v) is 4.13. The predicted molar refractivity (Wildman–Crippen MR) is 84.6 cm³/mol. The normalized spacial score (nSPS) is 11.4. The predicted octanol–water partition coefficient (Wildman–Crippen LogP) is 4.29. The van der Waals surface area contributed by atoms with E-state index in [-0.39, 0.29) is 0 Å². The average Bonchev–Trinajstić information content (AvgIpc) is 2.88. The van der Waals surface area contributed by atoms with Crippen LogP contribution >= 0.6 is 35.4 Å². The van der Waals surface area contributed by atoms with Crippen molar-refractivity contribution in [1.29, 1.82) is 0 Å². The Balaban J connectivity index is 2.46. The van der Waals surface area contributed by atoms with Crippen LogP contribution in [-0.4, -0.2) is 19.3 Å². The van der Waals surface area contributed by atoms with E-state index in [2.05, 4.69) is 17.0 Å². The SMILES string of the molecule is CCc1nn(C)c2c1[nH]c(=S)n2-c1c(Cl)cccc1Cl. The zero-order chi connectivity index (χ0) is 14.4. The largest absolute Gasteiger partial charge is 0.327 e. The van der Waals surface area contributed by atoms with Gasteiger partial charge in [0.2, 0.25) is 0 Å². The molecule has 7 heteroatoms. The van der Waals surface area contributed by atoms with Gasteiger partial charge in [0, 0.05) is 7.05 Å². The topological polar surface area (TPSA) is 38.5 Å². The Hall–Kier alpha value is -1.30. The van der Waals surface area contributed by atoms with E-state index in [1.165, 1.54) is 0 Å². The Morgan fingerprint density at radius 2 is 1.95 bits per heavy atom. The van der Waals surface area contributed by atoms with Crippen molar-refractivity contribution in [3.05, 3.63) is 38.7 Å². The Labute approximate surface area is 130 Å². The zero-order valence-electron chi connectivity index (χ0n) is 10.9. The molecule has 104 valence electrons. The number of benzene rings is 1. The molecule has 3 aromatic rings. The molecule has 0 bridgehead atoms. The van der Waals surface area contributed by atoms with Crippen molar-refractivity contribution in [1.82, 2.24) is 19.3 Å². The molecular formula is C13H12Cl2N4S. The molecule has 0 saturated heterocycles. The number of imidazole rings is 1. The van der Waals surface area contributed by atoms with Crippen LogP contribution in [0.15, 0.2) is 18.2 Å². The summed E-state index contributed by atoms with van der Waals surface area (Å²) in [5, 5.41) is 5.59. The number of nitrogens with one attached hydrogen (secondary N) is 1. The first-order chi connectivity index (χ1) is 9.54. The summed E-state index contributed by atoms with van der Waals surface area (Å²) in [7, 11) is 1.88. The number of H-pyrrole nitrogens is 1. The Morgan fingerprint density at radius 3 is 2.55 bits per heavy atom. The van der Waals surface area contributed by atoms with E-state index >= 15 is 0 Å². The number of aryl methyl sites for hydroxylation is 2. The minimum Gasteiger partial charge on any atom is -0.327 e. The molecule has 0 amide bonds. The van der Waals surface area contributed by atoms with Crippen molar-refractivity contribution in [2.75, 3.05) is 0 Å². The summed E-state index contributed by atoms with van der Waals surface area (Å²) in [6.45, 7) is 2.05. The van der Waals surface area contributed by atoms with Crippen LogP contribution in [0.5, 0.6) is 0 Å². The van der Waals surface area contributed by atoms with Gasteiger partial charge in [-0.3, -0.25) is 4.57 Å². The number of halogens is 2. The van der Waals surface area contributed by atoms with Crippen molar-refractivity contribution in [3.63, 3.8) is 0 Å². The molecule has 0 fully saturated rings. The minimum atomic E-state index is 0.550. The molecule has 0 unspecified atom stereocenters. The molecule has 0 radical (unpaired) electrons. The molecule has 0 saturated carbocycles. The number of para-hydroxylation sites is 1. The van der Waals surface area contributed by atoms with Crippen molar-refractivity contribution < 1.29 is 0 Å². The molecule has 2 heterocycles. The molecule has 1 aromatic carbocycles. The van der Waals surface area contributed by atoms with Crippen molar-refractivity contribution in [2.24, 2.45) is 7.05 Å². The minimum absolute atomic E-state index is 0.550. The molecule has 20 heavy (non-hydrogen) atoms. The van der Waals surface area contributed by atoms with E-state index in [1.54, 1.807) is 16.8 Å². The molecule has 0 aliphatic rings. The molecule has 2 aromatic heterocycles. The molecule has 0 aliphatic heterocycles. The number of aromatic nitrogens is 4. The maximum Gasteiger partial charge on any atom is 0.184 e. The first kappa shape index (κ1) is 13.7. The Morgan fingerprint density at radius 1 is 1.30 bits per heavy atom. The second-order valence-electron chi connectivity index (χ2n) is 4.46. The first-order valence-corrected chi connectivity index (χ1v) is 7.32. The second kappa shape index (κ2) is 4.91. The second-order valence-corrected chi connectivity index (χ2v) is 5.66. The maximum atomic E-state index is 6.29. The Bertz CT molecular complexity index is 839. The average molecular weight is 327 g/mol. The van der Waals surface area contributed by atoms with Gasteiger partial charge in [-0.05, 0) is 30.8 Å². The monoisotopic (exact) mass is 326 g/mol. The van der Waals surface area contributed by atoms with Gasteiger partial charge >= 0.3 is 0 Å². The van der Waals surface area contributed by atoms with Crippen LogP contribution in [-0.2, 0) is 13.5 Å². The summed E-state index contributed by atoms with van der Waals surface area (Å²) in [4.78, 5) is 3.20. The van der Waals surface area contributed by atoms with Crippen LogP contribution in [0.4, 0.5) is 0 Å². The lowest BCUT2D eigenvalue weighted by molar-refractivity contribution is 0.748. The summed E-state index contributed by atoms with van der Waals surface area (Å²) in [5.74, 6) is 0. The van der Waals surface area contributed by atoms with Crippen LogP contribution in [0.25, 0.3) is 16.9 Å². The lowest BCUT2D eigenvalue weighted by Crippen LogP contribution is -2.02. The van der Waals surface area contributed by atoms with Gasteiger partial charge < -0.3 is 4.98 Å². The Kier molecular flexibility index (Phi) is 3.36. The third kappa shape index (κ3) is 1.89. The van der Waals surface area contributed by atoms with E-state index in [0.29, 0.717) is 20.5 Å². The molecule has 3 rings (SSSR count). The number of hydrogen-bond donors (Lipinski definition) is 1. The van der Waals surface area contributed by atoms with Gasteiger partial charge in [-0.1, -0.05) is 36.2 Å². The van der Waals surface area contributed by atoms with Gasteiger partial charge in [0.05, 0.1) is 21.4 Å². The van der Waals surface area contributed by atoms with E-state index in [0.717, 1.165) is 23.3 Å². The summed E-state index contributed by atoms with van der Waals surface area (Å²) in [6.07, 6.45) is 0.822. The van der Waals surface area contributed by atoms with Gasteiger partial charge in [-0.2, -0.15) is 5.10 Å². The van der Waals surface area contributed by atoms with E-state index in [1.807, 2.05) is 17.7 Å². The van der Waals surface area contributed by atoms with Gasteiger partial charge in [0.25, 0.3) is 0 Å². The fraction of sp³-hybridized carbons (Fsp3) is 0.231. The standard InChI is InChI=1S/C13H12Cl2N4S/c1-3-9-10-12(18(2)17-9)19(13(20)16-10)11-7(14)5-4-6-8(11)15/h4-6H,3H2,1-2H3,(H,16,20). The highest BCUT2D eigenvalue weighted by Gasteiger charge is 2.18. The number of hydrogen-bond acceptors (Lipinski definition) is 2. The van der Waals surface area contributed by atoms with Crippen LogP contribution in [0.1, 0.15) is 12.6 Å². The molecule has 0 atom stereocenters. The van der Waals surface area contributed by atoms with Crippen molar-refractivity contribution >= 4 is 46.6 Å². The molecule has 4 nitrogen and oxygen atoms in total.